The third kappa shape index (κ3) is 3.62. The first-order valence-electron chi connectivity index (χ1n) is 9.12. The number of anilines is 1. The molecule has 1 heterocycles. The number of rotatable bonds is 4. The third-order valence-corrected chi connectivity index (χ3v) is 4.84. The van der Waals surface area contributed by atoms with Gasteiger partial charge in [0.1, 0.15) is 5.82 Å². The summed E-state index contributed by atoms with van der Waals surface area (Å²) in [6, 6.07) is 17.6. The van der Waals surface area contributed by atoms with E-state index in [0.717, 1.165) is 32.9 Å². The molecule has 0 spiro atoms. The number of hydrogen-bond acceptors (Lipinski definition) is 2. The van der Waals surface area contributed by atoms with Gasteiger partial charge in [-0.2, -0.15) is 0 Å². The zero-order valence-electron chi connectivity index (χ0n) is 15.7. The second kappa shape index (κ2) is 6.77. The molecule has 4 rings (SSSR count). The van der Waals surface area contributed by atoms with Crippen LogP contribution in [-0.4, -0.2) is 16.0 Å². The van der Waals surface area contributed by atoms with Crippen LogP contribution in [-0.2, 0) is 16.8 Å². The lowest BCUT2D eigenvalue weighted by Crippen LogP contribution is -2.17. The van der Waals surface area contributed by atoms with E-state index in [1.54, 1.807) is 38.1 Å². The van der Waals surface area contributed by atoms with Gasteiger partial charge in [0.15, 0.2) is 0 Å². The highest BCUT2D eigenvalue weighted by Gasteiger charge is 2.16. The Labute approximate surface area is 162 Å². The molecule has 4 aromatic rings. The SMILES string of the molecule is CC(C)(O)c1cccc(NC(=O)Cc2ccc3c(c2)[nH]c2cc(F)ccc23)c1. The monoisotopic (exact) mass is 376 g/mol. The zero-order valence-corrected chi connectivity index (χ0v) is 15.7. The molecule has 28 heavy (non-hydrogen) atoms. The van der Waals surface area contributed by atoms with Crippen molar-refractivity contribution in [2.75, 3.05) is 5.32 Å². The Hall–Kier alpha value is -3.18. The van der Waals surface area contributed by atoms with Gasteiger partial charge in [-0.25, -0.2) is 4.39 Å². The third-order valence-electron chi connectivity index (χ3n) is 4.84. The van der Waals surface area contributed by atoms with Crippen molar-refractivity contribution in [1.29, 1.82) is 0 Å². The van der Waals surface area contributed by atoms with Gasteiger partial charge in [-0.05, 0) is 61.4 Å². The Morgan fingerprint density at radius 3 is 2.50 bits per heavy atom. The van der Waals surface area contributed by atoms with Crippen LogP contribution in [0, 0.1) is 5.82 Å². The van der Waals surface area contributed by atoms with Gasteiger partial charge in [0.05, 0.1) is 12.0 Å². The fraction of sp³-hybridized carbons (Fsp3) is 0.174. The number of halogens is 1. The topological polar surface area (TPSA) is 65.1 Å². The maximum absolute atomic E-state index is 13.4. The summed E-state index contributed by atoms with van der Waals surface area (Å²) in [6.45, 7) is 3.41. The summed E-state index contributed by atoms with van der Waals surface area (Å²) >= 11 is 0. The molecule has 0 radical (unpaired) electrons. The van der Waals surface area contributed by atoms with Crippen LogP contribution in [0.4, 0.5) is 10.1 Å². The van der Waals surface area contributed by atoms with Crippen molar-refractivity contribution in [3.05, 3.63) is 77.6 Å². The van der Waals surface area contributed by atoms with Gasteiger partial charge in [0.2, 0.25) is 5.91 Å². The Kier molecular flexibility index (Phi) is 4.40. The van der Waals surface area contributed by atoms with E-state index in [4.69, 9.17) is 0 Å². The summed E-state index contributed by atoms with van der Waals surface area (Å²) < 4.78 is 13.4. The highest BCUT2D eigenvalue weighted by Crippen LogP contribution is 2.27. The number of aromatic nitrogens is 1. The summed E-state index contributed by atoms with van der Waals surface area (Å²) in [7, 11) is 0. The molecule has 0 atom stereocenters. The maximum atomic E-state index is 13.4. The molecule has 0 unspecified atom stereocenters. The summed E-state index contributed by atoms with van der Waals surface area (Å²) in [5, 5.41) is 14.9. The Balaban J connectivity index is 1.54. The number of aliphatic hydroxyl groups is 1. The molecule has 3 N–H and O–H groups in total. The maximum Gasteiger partial charge on any atom is 0.228 e. The van der Waals surface area contributed by atoms with Crippen molar-refractivity contribution in [2.24, 2.45) is 0 Å². The summed E-state index contributed by atoms with van der Waals surface area (Å²) in [4.78, 5) is 15.7. The number of nitrogens with one attached hydrogen (secondary N) is 2. The number of amides is 1. The minimum absolute atomic E-state index is 0.144. The van der Waals surface area contributed by atoms with Gasteiger partial charge < -0.3 is 15.4 Å². The average molecular weight is 376 g/mol. The highest BCUT2D eigenvalue weighted by atomic mass is 19.1. The Bertz CT molecular complexity index is 1190. The molecule has 1 aromatic heterocycles. The number of H-pyrrole nitrogens is 1. The van der Waals surface area contributed by atoms with Crippen molar-refractivity contribution >= 4 is 33.4 Å². The molecule has 4 nitrogen and oxygen atoms in total. The number of carbonyl (C=O) groups excluding carboxylic acids is 1. The van der Waals surface area contributed by atoms with Crippen molar-refractivity contribution in [2.45, 2.75) is 25.9 Å². The standard InChI is InChI=1S/C23H21FN2O2/c1-23(2,28)15-4-3-5-17(12-15)25-22(27)11-14-6-8-18-19-9-7-16(24)13-21(19)26-20(18)10-14/h3-10,12-13,26,28H,11H2,1-2H3,(H,25,27). The van der Waals surface area contributed by atoms with E-state index in [1.165, 1.54) is 12.1 Å². The number of fused-ring (bicyclic) bond motifs is 3. The molecule has 0 bridgehead atoms. The Morgan fingerprint density at radius 2 is 1.75 bits per heavy atom. The minimum Gasteiger partial charge on any atom is -0.386 e. The largest absolute Gasteiger partial charge is 0.386 e. The van der Waals surface area contributed by atoms with Crippen molar-refractivity contribution in [1.82, 2.24) is 4.98 Å². The van der Waals surface area contributed by atoms with Crippen LogP contribution in [0.1, 0.15) is 25.0 Å². The van der Waals surface area contributed by atoms with Crippen LogP contribution >= 0.6 is 0 Å². The molecular weight excluding hydrogens is 355 g/mol. The molecule has 0 aliphatic heterocycles. The average Bonchev–Trinajstić information content (AvgIpc) is 2.97. The van der Waals surface area contributed by atoms with Crippen molar-refractivity contribution in [3.8, 4) is 0 Å². The lowest BCUT2D eigenvalue weighted by Gasteiger charge is -2.18. The van der Waals surface area contributed by atoms with Gasteiger partial charge in [-0.1, -0.05) is 24.3 Å². The molecule has 0 saturated heterocycles. The van der Waals surface area contributed by atoms with E-state index < -0.39 is 5.60 Å². The van der Waals surface area contributed by atoms with Crippen molar-refractivity contribution < 1.29 is 14.3 Å². The molecule has 0 aliphatic carbocycles. The van der Waals surface area contributed by atoms with Crippen molar-refractivity contribution in [3.63, 3.8) is 0 Å². The predicted molar refractivity (Wildman–Crippen MR) is 110 cm³/mol. The molecule has 1 amide bonds. The number of hydrogen-bond donors (Lipinski definition) is 3. The first-order valence-corrected chi connectivity index (χ1v) is 9.12. The van der Waals surface area contributed by atoms with Gasteiger partial charge in [0.25, 0.3) is 0 Å². The first-order chi connectivity index (χ1) is 13.3. The molecule has 5 heteroatoms. The van der Waals surface area contributed by atoms with Crippen LogP contribution in [0.15, 0.2) is 60.7 Å². The van der Waals surface area contributed by atoms with Gasteiger partial charge in [-0.3, -0.25) is 4.79 Å². The molecule has 0 aliphatic rings. The van der Waals surface area contributed by atoms with Crippen LogP contribution in [0.5, 0.6) is 0 Å². The van der Waals surface area contributed by atoms with Crippen LogP contribution in [0.2, 0.25) is 0 Å². The highest BCUT2D eigenvalue weighted by molar-refractivity contribution is 6.07. The van der Waals surface area contributed by atoms with E-state index in [9.17, 15) is 14.3 Å². The number of carbonyl (C=O) groups is 1. The molecule has 0 saturated carbocycles. The fourth-order valence-electron chi connectivity index (χ4n) is 3.41. The van der Waals surface area contributed by atoms with E-state index in [1.807, 2.05) is 24.3 Å². The van der Waals surface area contributed by atoms with E-state index in [0.29, 0.717) is 5.69 Å². The quantitative estimate of drug-likeness (QED) is 0.476. The van der Waals surface area contributed by atoms with Gasteiger partial charge in [0, 0.05) is 27.5 Å². The molecular formula is C23H21FN2O2. The second-order valence-electron chi connectivity index (χ2n) is 7.56. The molecule has 3 aromatic carbocycles. The lowest BCUT2D eigenvalue weighted by molar-refractivity contribution is -0.115. The zero-order chi connectivity index (χ0) is 19.9. The Morgan fingerprint density at radius 1 is 1.04 bits per heavy atom. The van der Waals surface area contributed by atoms with Gasteiger partial charge in [-0.15, -0.1) is 0 Å². The smallest absolute Gasteiger partial charge is 0.228 e. The van der Waals surface area contributed by atoms with E-state index in [2.05, 4.69) is 10.3 Å². The minimum atomic E-state index is -0.971. The summed E-state index contributed by atoms with van der Waals surface area (Å²) in [5.74, 6) is -0.429. The van der Waals surface area contributed by atoms with Crippen LogP contribution in [0.3, 0.4) is 0 Å². The lowest BCUT2D eigenvalue weighted by atomic mass is 9.98. The first kappa shape index (κ1) is 18.2. The summed E-state index contributed by atoms with van der Waals surface area (Å²) in [5.41, 5.74) is 2.87. The fourth-order valence-corrected chi connectivity index (χ4v) is 3.41. The van der Waals surface area contributed by atoms with E-state index >= 15 is 0 Å². The molecule has 0 fully saturated rings. The number of benzene rings is 3. The van der Waals surface area contributed by atoms with Crippen LogP contribution < -0.4 is 5.32 Å². The van der Waals surface area contributed by atoms with Gasteiger partial charge >= 0.3 is 0 Å². The van der Waals surface area contributed by atoms with Crippen LogP contribution in [0.25, 0.3) is 21.8 Å². The molecule has 142 valence electrons. The predicted octanol–water partition coefficient (Wildman–Crippen LogP) is 4.87. The summed E-state index contributed by atoms with van der Waals surface area (Å²) in [6.07, 6.45) is 0.215. The number of aromatic amines is 1. The normalized spacial score (nSPS) is 11.9. The second-order valence-corrected chi connectivity index (χ2v) is 7.56. The van der Waals surface area contributed by atoms with E-state index in [-0.39, 0.29) is 18.1 Å².